The second kappa shape index (κ2) is 14.0. The molecule has 9 heteroatoms. The van der Waals surface area contributed by atoms with Crippen LogP contribution in [-0.2, 0) is 32.2 Å². The highest BCUT2D eigenvalue weighted by Crippen LogP contribution is 2.13. The number of benzene rings is 2. The van der Waals surface area contributed by atoms with Gasteiger partial charge >= 0.3 is 12.2 Å². The molecule has 174 valence electrons. The Bertz CT molecular complexity index is 801. The average molecular weight is 447 g/mol. The Hall–Kier alpha value is -3.14. The van der Waals surface area contributed by atoms with Crippen LogP contribution in [0, 0.1) is 0 Å². The van der Waals surface area contributed by atoms with E-state index in [0.29, 0.717) is 6.42 Å². The van der Waals surface area contributed by atoms with Crippen molar-refractivity contribution in [2.24, 2.45) is 0 Å². The molecule has 0 unspecified atom stereocenters. The second-order valence-electron chi connectivity index (χ2n) is 6.90. The maximum absolute atomic E-state index is 12.8. The zero-order valence-electron chi connectivity index (χ0n) is 18.3. The van der Waals surface area contributed by atoms with Crippen LogP contribution in [0.25, 0.3) is 0 Å². The number of hydrazine groups is 1. The van der Waals surface area contributed by atoms with E-state index in [1.807, 2.05) is 60.7 Å². The normalized spacial score (nSPS) is 11.6. The van der Waals surface area contributed by atoms with Gasteiger partial charge in [-0.3, -0.25) is 0 Å². The van der Waals surface area contributed by atoms with Crippen molar-refractivity contribution < 1.29 is 33.6 Å². The molecule has 0 saturated carbocycles. The molecular formula is C23H30N2O7. The van der Waals surface area contributed by atoms with E-state index >= 15 is 0 Å². The van der Waals surface area contributed by atoms with Gasteiger partial charge in [0.1, 0.15) is 13.2 Å². The van der Waals surface area contributed by atoms with Crippen LogP contribution in [0.5, 0.6) is 0 Å². The van der Waals surface area contributed by atoms with Gasteiger partial charge in [-0.15, -0.1) is 0 Å². The van der Waals surface area contributed by atoms with E-state index in [-0.39, 0.29) is 19.6 Å². The first-order chi connectivity index (χ1) is 15.6. The molecule has 9 nitrogen and oxygen atoms in total. The van der Waals surface area contributed by atoms with Crippen LogP contribution >= 0.6 is 0 Å². The van der Waals surface area contributed by atoms with Gasteiger partial charge in [-0.25, -0.2) is 20.0 Å². The number of methoxy groups -OCH3 is 2. The van der Waals surface area contributed by atoms with E-state index in [1.54, 1.807) is 0 Å². The van der Waals surface area contributed by atoms with Crippen LogP contribution in [0.2, 0.25) is 0 Å². The smallest absolute Gasteiger partial charge is 0.429 e. The Kier molecular flexibility index (Phi) is 11.0. The molecule has 2 aromatic rings. The zero-order chi connectivity index (χ0) is 23.2. The Morgan fingerprint density at radius 2 is 1.41 bits per heavy atom. The Morgan fingerprint density at radius 3 is 1.91 bits per heavy atom. The first-order valence-corrected chi connectivity index (χ1v) is 10.2. The number of amides is 2. The summed E-state index contributed by atoms with van der Waals surface area (Å²) in [6, 6.07) is 17.5. The topological polar surface area (TPSA) is 107 Å². The Labute approximate surface area is 187 Å². The van der Waals surface area contributed by atoms with Crippen LogP contribution in [0.15, 0.2) is 60.7 Å². The monoisotopic (exact) mass is 446 g/mol. The number of carbonyl (C=O) groups is 2. The maximum atomic E-state index is 12.8. The molecule has 2 aromatic carbocycles. The Morgan fingerprint density at radius 1 is 0.875 bits per heavy atom. The molecular weight excluding hydrogens is 416 g/mol. The van der Waals surface area contributed by atoms with Crippen LogP contribution in [0.1, 0.15) is 24.0 Å². The molecule has 2 N–H and O–H groups in total. The van der Waals surface area contributed by atoms with Crippen molar-refractivity contribution in [2.75, 3.05) is 20.8 Å². The highest BCUT2D eigenvalue weighted by molar-refractivity contribution is 5.74. The third-order valence-electron chi connectivity index (χ3n) is 4.66. The molecule has 0 aliphatic carbocycles. The molecule has 0 saturated heterocycles. The fraction of sp³-hybridized carbons (Fsp3) is 0.391. The third kappa shape index (κ3) is 8.54. The van der Waals surface area contributed by atoms with E-state index in [4.69, 9.17) is 18.9 Å². The van der Waals surface area contributed by atoms with Gasteiger partial charge in [-0.1, -0.05) is 60.7 Å². The molecule has 2 amide bonds. The lowest BCUT2D eigenvalue weighted by Gasteiger charge is -2.30. The highest BCUT2D eigenvalue weighted by atomic mass is 16.7. The summed E-state index contributed by atoms with van der Waals surface area (Å²) in [6.07, 6.45) is -1.53. The summed E-state index contributed by atoms with van der Waals surface area (Å²) < 4.78 is 20.9. The highest BCUT2D eigenvalue weighted by Gasteiger charge is 2.28. The number of nitrogens with zero attached hydrogens (tertiary/aromatic N) is 1. The van der Waals surface area contributed by atoms with Crippen molar-refractivity contribution in [1.29, 1.82) is 0 Å². The van der Waals surface area contributed by atoms with Crippen LogP contribution < -0.4 is 5.43 Å². The maximum Gasteiger partial charge on any atom is 0.429 e. The number of hydrogen-bond donors (Lipinski definition) is 2. The number of nitrogens with one attached hydrogen (secondary N) is 1. The van der Waals surface area contributed by atoms with E-state index in [9.17, 15) is 14.7 Å². The number of ether oxygens (including phenoxy) is 4. The minimum absolute atomic E-state index is 0.00777. The molecule has 0 spiro atoms. The molecule has 0 fully saturated rings. The van der Waals surface area contributed by atoms with E-state index in [2.05, 4.69) is 5.43 Å². The van der Waals surface area contributed by atoms with Gasteiger partial charge < -0.3 is 24.1 Å². The van der Waals surface area contributed by atoms with Crippen molar-refractivity contribution in [3.8, 4) is 0 Å². The lowest BCUT2D eigenvalue weighted by atomic mass is 10.1. The van der Waals surface area contributed by atoms with Gasteiger partial charge in [0.2, 0.25) is 0 Å². The van der Waals surface area contributed by atoms with Gasteiger partial charge in [0.05, 0.1) is 12.6 Å². The first-order valence-electron chi connectivity index (χ1n) is 10.2. The number of aliphatic hydroxyl groups excluding tert-OH is 1. The van der Waals surface area contributed by atoms with E-state index in [1.165, 1.54) is 14.2 Å². The van der Waals surface area contributed by atoms with Gasteiger partial charge in [0.15, 0.2) is 6.29 Å². The summed E-state index contributed by atoms with van der Waals surface area (Å²) >= 11 is 0. The largest absolute Gasteiger partial charge is 0.443 e. The molecule has 0 aromatic heterocycles. The summed E-state index contributed by atoms with van der Waals surface area (Å²) in [5.74, 6) is 0. The van der Waals surface area contributed by atoms with Crippen molar-refractivity contribution in [1.82, 2.24) is 10.4 Å². The summed E-state index contributed by atoms with van der Waals surface area (Å²) in [7, 11) is 2.99. The Balaban J connectivity index is 2.03. The number of carbonyl (C=O) groups excluding carboxylic acids is 2. The average Bonchev–Trinajstić information content (AvgIpc) is 2.84. The molecule has 0 aliphatic heterocycles. The predicted octanol–water partition coefficient (Wildman–Crippen LogP) is 3.23. The summed E-state index contributed by atoms with van der Waals surface area (Å²) in [6.45, 7) is -0.383. The summed E-state index contributed by atoms with van der Waals surface area (Å²) in [5, 5.41) is 10.8. The minimum atomic E-state index is -0.848. The molecule has 0 heterocycles. The van der Waals surface area contributed by atoms with Crippen LogP contribution in [-0.4, -0.2) is 55.5 Å². The van der Waals surface area contributed by atoms with Crippen LogP contribution in [0.4, 0.5) is 9.59 Å². The fourth-order valence-electron chi connectivity index (χ4n) is 2.89. The third-order valence-corrected chi connectivity index (χ3v) is 4.66. The molecule has 0 bridgehead atoms. The molecule has 0 aliphatic rings. The van der Waals surface area contributed by atoms with Crippen molar-refractivity contribution in [3.63, 3.8) is 0 Å². The number of hydrogen-bond acceptors (Lipinski definition) is 7. The summed E-state index contributed by atoms with van der Waals surface area (Å²) in [4.78, 5) is 25.1. The van der Waals surface area contributed by atoms with Crippen molar-refractivity contribution in [2.45, 2.75) is 38.4 Å². The lowest BCUT2D eigenvalue weighted by molar-refractivity contribution is -0.110. The predicted molar refractivity (Wildman–Crippen MR) is 116 cm³/mol. The van der Waals surface area contributed by atoms with Gasteiger partial charge in [0.25, 0.3) is 0 Å². The van der Waals surface area contributed by atoms with Crippen molar-refractivity contribution >= 4 is 12.2 Å². The lowest BCUT2D eigenvalue weighted by Crippen LogP contribution is -2.53. The fourth-order valence-corrected chi connectivity index (χ4v) is 2.89. The first kappa shape index (κ1) is 25.1. The SMILES string of the molecule is COC(CC[C@H](CO)N(NC(=O)OCc1ccccc1)C(=O)OCc1ccccc1)OC. The van der Waals surface area contributed by atoms with Crippen molar-refractivity contribution in [3.05, 3.63) is 71.8 Å². The molecule has 2 rings (SSSR count). The van der Waals surface area contributed by atoms with E-state index < -0.39 is 31.1 Å². The number of aliphatic hydroxyl groups is 1. The molecule has 32 heavy (non-hydrogen) atoms. The summed E-state index contributed by atoms with van der Waals surface area (Å²) in [5.41, 5.74) is 3.97. The second-order valence-corrected chi connectivity index (χ2v) is 6.90. The van der Waals surface area contributed by atoms with Gasteiger partial charge in [0, 0.05) is 20.6 Å². The minimum Gasteiger partial charge on any atom is -0.443 e. The molecule has 0 radical (unpaired) electrons. The zero-order valence-corrected chi connectivity index (χ0v) is 18.3. The van der Waals surface area contributed by atoms with Gasteiger partial charge in [-0.2, -0.15) is 0 Å². The number of rotatable bonds is 11. The quantitative estimate of drug-likeness (QED) is 0.403. The molecule has 1 atom stereocenters. The van der Waals surface area contributed by atoms with Crippen LogP contribution in [0.3, 0.4) is 0 Å². The standard InChI is InChI=1S/C23H30N2O7/c1-29-21(30-2)14-13-20(15-26)25(23(28)32-17-19-11-7-4-8-12-19)24-22(27)31-16-18-9-5-3-6-10-18/h3-12,20-21,26H,13-17H2,1-2H3,(H,24,27)/t20-/m1/s1. The van der Waals surface area contributed by atoms with Gasteiger partial charge in [-0.05, 0) is 17.5 Å². The van der Waals surface area contributed by atoms with E-state index in [0.717, 1.165) is 16.1 Å².